The average molecular weight is 645 g/mol. The third kappa shape index (κ3) is 4.86. The molecule has 6 nitrogen and oxygen atoms in total. The largest absolute Gasteiger partial charge is 0.390 e. The monoisotopic (exact) mass is 644 g/mol. The first-order valence-corrected chi connectivity index (χ1v) is 16.8. The SMILES string of the molecule is C.CC(C)Cc1cccc(Cc2ccc([C@@H]3O[C@@H]4C[C@H]5[C@@H]6CCC7=CC(=O)C=C[C@]7(C)[C@@]6(F)[C@@H](O)C[C@]5(C)[C@]4(C(=O)CO)O3)cc2)c1. The van der Waals surface area contributed by atoms with Gasteiger partial charge in [0.05, 0.1) is 12.2 Å². The minimum Gasteiger partial charge on any atom is -0.390 e. The van der Waals surface area contributed by atoms with Crippen LogP contribution in [0.3, 0.4) is 0 Å². The number of hydrogen-bond acceptors (Lipinski definition) is 6. The summed E-state index contributed by atoms with van der Waals surface area (Å²) in [6, 6.07) is 16.7. The highest BCUT2D eigenvalue weighted by atomic mass is 19.1. The van der Waals surface area contributed by atoms with E-state index in [4.69, 9.17) is 9.47 Å². The normalized spacial score (nSPS) is 38.6. The van der Waals surface area contributed by atoms with Crippen molar-refractivity contribution in [2.75, 3.05) is 6.61 Å². The molecule has 47 heavy (non-hydrogen) atoms. The summed E-state index contributed by atoms with van der Waals surface area (Å²) in [6.07, 6.45) is 4.77. The van der Waals surface area contributed by atoms with Gasteiger partial charge in [0, 0.05) is 22.3 Å². The van der Waals surface area contributed by atoms with E-state index in [9.17, 15) is 19.8 Å². The maximum atomic E-state index is 17.6. The number of aliphatic hydroxyl groups excluding tert-OH is 2. The van der Waals surface area contributed by atoms with Crippen molar-refractivity contribution in [1.82, 2.24) is 0 Å². The number of benzene rings is 2. The van der Waals surface area contributed by atoms with Gasteiger partial charge >= 0.3 is 0 Å². The Kier molecular flexibility index (Phi) is 8.56. The summed E-state index contributed by atoms with van der Waals surface area (Å²) in [5.74, 6) is -0.983. The van der Waals surface area contributed by atoms with Crippen molar-refractivity contribution >= 4 is 11.6 Å². The zero-order valence-corrected chi connectivity index (χ0v) is 27.2. The molecule has 0 radical (unpaired) electrons. The van der Waals surface area contributed by atoms with E-state index in [1.54, 1.807) is 13.0 Å². The quantitative estimate of drug-likeness (QED) is 0.344. The summed E-state index contributed by atoms with van der Waals surface area (Å²) < 4.78 is 30.8. The zero-order valence-electron chi connectivity index (χ0n) is 27.2. The van der Waals surface area contributed by atoms with Crippen LogP contribution in [-0.2, 0) is 31.9 Å². The molecule has 252 valence electrons. The topological polar surface area (TPSA) is 93.1 Å². The van der Waals surface area contributed by atoms with Crippen LogP contribution in [0.2, 0.25) is 0 Å². The molecule has 4 aliphatic carbocycles. The van der Waals surface area contributed by atoms with Crippen molar-refractivity contribution in [3.8, 4) is 0 Å². The van der Waals surface area contributed by atoms with Crippen LogP contribution in [0.25, 0.3) is 0 Å². The first-order chi connectivity index (χ1) is 21.9. The van der Waals surface area contributed by atoms with Crippen LogP contribution in [0.4, 0.5) is 4.39 Å². The Morgan fingerprint density at radius 3 is 2.49 bits per heavy atom. The Labute approximate surface area is 278 Å². The molecule has 2 aromatic carbocycles. The van der Waals surface area contributed by atoms with Crippen LogP contribution >= 0.6 is 0 Å². The lowest BCUT2D eigenvalue weighted by molar-refractivity contribution is -0.231. The number of hydrogen-bond donors (Lipinski definition) is 2. The van der Waals surface area contributed by atoms with Crippen LogP contribution in [-0.4, -0.2) is 51.9 Å². The van der Waals surface area contributed by atoms with Gasteiger partial charge in [-0.2, -0.15) is 0 Å². The number of Topliss-reactive ketones (excluding diaryl/α,β-unsaturated/α-hetero) is 1. The lowest BCUT2D eigenvalue weighted by Crippen LogP contribution is -2.69. The van der Waals surface area contributed by atoms with Gasteiger partial charge in [0.25, 0.3) is 0 Å². The van der Waals surface area contributed by atoms with E-state index < -0.39 is 58.9 Å². The Balaban J connectivity index is 0.00000386. The number of carbonyl (C=O) groups is 2. The van der Waals surface area contributed by atoms with E-state index in [0.29, 0.717) is 30.8 Å². The molecular weight excluding hydrogens is 595 g/mol. The van der Waals surface area contributed by atoms with Gasteiger partial charge in [-0.1, -0.05) is 88.4 Å². The Bertz CT molecular complexity index is 1610. The van der Waals surface area contributed by atoms with E-state index in [2.05, 4.69) is 50.2 Å². The van der Waals surface area contributed by atoms with Gasteiger partial charge in [0.1, 0.15) is 6.61 Å². The van der Waals surface area contributed by atoms with Crippen LogP contribution in [0.1, 0.15) is 89.3 Å². The summed E-state index contributed by atoms with van der Waals surface area (Å²) in [5, 5.41) is 22.0. The smallest absolute Gasteiger partial charge is 0.193 e. The number of carbonyl (C=O) groups excluding carboxylic acids is 2. The van der Waals surface area contributed by atoms with Crippen LogP contribution < -0.4 is 0 Å². The summed E-state index contributed by atoms with van der Waals surface area (Å²) in [7, 11) is 0. The Hall–Kier alpha value is -2.97. The standard InChI is InChI=1S/C39H45FO6.CH4/c1-23(2)16-25-6-5-7-26(18-25)17-24-8-10-27(11-9-24)35-45-34-20-31-30-13-12-28-19-29(42)14-15-36(28,3)38(30,40)32(43)21-37(31,4)39(34,46-35)33(44)22-41;/h5-11,14-15,18-19,23,30-32,34-35,41,43H,12-13,16-17,20-22H2,1-4H3;1H4/t30-,31-,32-,34+,35+,36-,37-,38-,39+;/m0./s1. The Morgan fingerprint density at radius 1 is 1.06 bits per heavy atom. The zero-order chi connectivity index (χ0) is 32.6. The number of ether oxygens (including phenoxy) is 2. The third-order valence-corrected chi connectivity index (χ3v) is 12.2. The predicted octanol–water partition coefficient (Wildman–Crippen LogP) is 6.81. The van der Waals surface area contributed by atoms with E-state index in [1.807, 2.05) is 19.1 Å². The highest BCUT2D eigenvalue weighted by molar-refractivity contribution is 6.01. The van der Waals surface area contributed by atoms with Crippen LogP contribution in [0.15, 0.2) is 72.3 Å². The van der Waals surface area contributed by atoms with Crippen molar-refractivity contribution in [1.29, 1.82) is 0 Å². The van der Waals surface area contributed by atoms with Crippen molar-refractivity contribution in [2.24, 2.45) is 28.6 Å². The molecule has 1 saturated heterocycles. The second-order valence-corrected chi connectivity index (χ2v) is 15.2. The molecule has 7 rings (SSSR count). The minimum absolute atomic E-state index is 0. The second-order valence-electron chi connectivity index (χ2n) is 15.2. The molecule has 1 heterocycles. The fourth-order valence-corrected chi connectivity index (χ4v) is 10.1. The number of fused-ring (bicyclic) bond motifs is 7. The van der Waals surface area contributed by atoms with Crippen molar-refractivity contribution in [3.63, 3.8) is 0 Å². The number of allylic oxidation sites excluding steroid dienone is 4. The molecule has 0 spiro atoms. The van der Waals surface area contributed by atoms with E-state index in [0.717, 1.165) is 24.0 Å². The molecule has 2 aromatic rings. The van der Waals surface area contributed by atoms with Gasteiger partial charge in [-0.25, -0.2) is 4.39 Å². The van der Waals surface area contributed by atoms with Gasteiger partial charge in [0.15, 0.2) is 29.1 Å². The molecule has 0 bridgehead atoms. The fraction of sp³-hybridized carbons (Fsp3) is 0.550. The van der Waals surface area contributed by atoms with Gasteiger partial charge in [-0.3, -0.25) is 9.59 Å². The highest BCUT2D eigenvalue weighted by Crippen LogP contribution is 2.72. The fourth-order valence-electron chi connectivity index (χ4n) is 10.1. The first kappa shape index (κ1) is 33.9. The molecule has 1 aliphatic heterocycles. The molecule has 2 N–H and O–H groups in total. The van der Waals surface area contributed by atoms with Gasteiger partial charge in [-0.05, 0) is 86.1 Å². The number of halogens is 1. The average Bonchev–Trinajstić information content (AvgIpc) is 3.51. The summed E-state index contributed by atoms with van der Waals surface area (Å²) in [4.78, 5) is 26.0. The minimum atomic E-state index is -2.02. The van der Waals surface area contributed by atoms with E-state index in [1.165, 1.54) is 23.3 Å². The number of ketones is 2. The lowest BCUT2D eigenvalue weighted by Gasteiger charge is -2.62. The maximum Gasteiger partial charge on any atom is 0.193 e. The number of aliphatic hydroxyl groups is 2. The van der Waals surface area contributed by atoms with Gasteiger partial charge < -0.3 is 19.7 Å². The molecule has 0 amide bonds. The van der Waals surface area contributed by atoms with Crippen molar-refractivity contribution in [2.45, 2.75) is 103 Å². The molecule has 0 unspecified atom stereocenters. The molecule has 7 heteroatoms. The first-order valence-electron chi connectivity index (χ1n) is 16.8. The number of rotatable bonds is 7. The number of alkyl halides is 1. The summed E-state index contributed by atoms with van der Waals surface area (Å²) >= 11 is 0. The van der Waals surface area contributed by atoms with Gasteiger partial charge in [-0.15, -0.1) is 0 Å². The van der Waals surface area contributed by atoms with Crippen LogP contribution in [0, 0.1) is 28.6 Å². The third-order valence-electron chi connectivity index (χ3n) is 12.2. The van der Waals surface area contributed by atoms with Crippen LogP contribution in [0.5, 0.6) is 0 Å². The van der Waals surface area contributed by atoms with E-state index in [-0.39, 0.29) is 25.5 Å². The molecule has 3 saturated carbocycles. The maximum absolute atomic E-state index is 17.6. The summed E-state index contributed by atoms with van der Waals surface area (Å²) in [6.45, 7) is 7.39. The lowest BCUT2D eigenvalue weighted by atomic mass is 9.44. The molecule has 4 fully saturated rings. The molecule has 5 aliphatic rings. The predicted molar refractivity (Wildman–Crippen MR) is 178 cm³/mol. The molecule has 0 aromatic heterocycles. The van der Waals surface area contributed by atoms with E-state index >= 15 is 4.39 Å². The Morgan fingerprint density at radius 2 is 1.79 bits per heavy atom. The van der Waals surface area contributed by atoms with Gasteiger partial charge in [0.2, 0.25) is 0 Å². The van der Waals surface area contributed by atoms with Crippen molar-refractivity contribution in [3.05, 3.63) is 94.6 Å². The second kappa shape index (κ2) is 11.9. The highest BCUT2D eigenvalue weighted by Gasteiger charge is 2.79. The van der Waals surface area contributed by atoms with Crippen molar-refractivity contribution < 1.29 is 33.7 Å². The molecule has 9 atom stereocenters. The molecular formula is C40H49FO6. The summed E-state index contributed by atoms with van der Waals surface area (Å²) in [5.41, 5.74) is -0.453.